The lowest BCUT2D eigenvalue weighted by molar-refractivity contribution is 0.112. The molecular formula is C10H9NOS. The summed E-state index contributed by atoms with van der Waals surface area (Å²) >= 11 is 1.73. The van der Waals surface area contributed by atoms with Crippen molar-refractivity contribution < 1.29 is 4.79 Å². The number of aldehydes is 1. The van der Waals surface area contributed by atoms with Crippen LogP contribution in [0.25, 0.3) is 0 Å². The van der Waals surface area contributed by atoms with Crippen LogP contribution in [0.15, 0.2) is 36.0 Å². The summed E-state index contributed by atoms with van der Waals surface area (Å²) in [7, 11) is 0. The van der Waals surface area contributed by atoms with Gasteiger partial charge in [0.1, 0.15) is 0 Å². The normalized spacial score (nSPS) is 10.2. The lowest BCUT2D eigenvalue weighted by atomic mass is 10.4. The Morgan fingerprint density at radius 2 is 2.38 bits per heavy atom. The quantitative estimate of drug-likeness (QED) is 0.683. The van der Waals surface area contributed by atoms with E-state index in [0.717, 1.165) is 18.4 Å². The maximum atomic E-state index is 10.4. The van der Waals surface area contributed by atoms with Crippen molar-refractivity contribution in [2.45, 2.75) is 6.54 Å². The average Bonchev–Trinajstić information content (AvgIpc) is 2.76. The molecule has 2 nitrogen and oxygen atoms in total. The molecule has 0 unspecified atom stereocenters. The molecule has 0 fully saturated rings. The van der Waals surface area contributed by atoms with Gasteiger partial charge in [-0.2, -0.15) is 0 Å². The third kappa shape index (κ3) is 1.87. The number of aromatic nitrogens is 1. The Hall–Kier alpha value is -1.35. The fourth-order valence-electron chi connectivity index (χ4n) is 1.21. The smallest absolute Gasteiger partial charge is 0.151 e. The minimum absolute atomic E-state index is 0.733. The Morgan fingerprint density at radius 1 is 1.46 bits per heavy atom. The van der Waals surface area contributed by atoms with Gasteiger partial charge in [0.15, 0.2) is 6.29 Å². The van der Waals surface area contributed by atoms with Gasteiger partial charge in [0.05, 0.1) is 6.54 Å². The summed E-state index contributed by atoms with van der Waals surface area (Å²) in [5.74, 6) is 0. The van der Waals surface area contributed by atoms with Gasteiger partial charge in [-0.3, -0.25) is 4.79 Å². The van der Waals surface area contributed by atoms with Crippen molar-refractivity contribution in [3.05, 3.63) is 46.4 Å². The van der Waals surface area contributed by atoms with E-state index in [9.17, 15) is 4.79 Å². The third-order valence-corrected chi connectivity index (χ3v) is 2.69. The predicted octanol–water partition coefficient (Wildman–Crippen LogP) is 2.41. The molecule has 0 aliphatic rings. The summed E-state index contributed by atoms with van der Waals surface area (Å²) in [5.41, 5.74) is 0.733. The summed E-state index contributed by atoms with van der Waals surface area (Å²) < 4.78 is 2.01. The average molecular weight is 191 g/mol. The zero-order valence-corrected chi connectivity index (χ0v) is 7.83. The van der Waals surface area contributed by atoms with E-state index in [-0.39, 0.29) is 0 Å². The first-order chi connectivity index (χ1) is 6.38. The molecule has 2 aromatic rings. The van der Waals surface area contributed by atoms with E-state index in [2.05, 4.69) is 11.4 Å². The van der Waals surface area contributed by atoms with Crippen molar-refractivity contribution >= 4 is 17.6 Å². The van der Waals surface area contributed by atoms with Crippen LogP contribution < -0.4 is 0 Å². The van der Waals surface area contributed by atoms with Gasteiger partial charge < -0.3 is 4.57 Å². The molecule has 0 saturated carbocycles. The molecule has 66 valence electrons. The highest BCUT2D eigenvalue weighted by molar-refractivity contribution is 7.09. The zero-order valence-electron chi connectivity index (χ0n) is 7.01. The monoisotopic (exact) mass is 191 g/mol. The Bertz CT molecular complexity index is 389. The molecule has 2 rings (SSSR count). The molecule has 2 heterocycles. The summed E-state index contributed by atoms with van der Waals surface area (Å²) in [6.45, 7) is 0.853. The number of nitrogens with zero attached hydrogens (tertiary/aromatic N) is 1. The highest BCUT2D eigenvalue weighted by atomic mass is 32.1. The molecule has 3 heteroatoms. The molecule has 0 aromatic carbocycles. The molecule has 0 radical (unpaired) electrons. The van der Waals surface area contributed by atoms with Crippen molar-refractivity contribution in [2.24, 2.45) is 0 Å². The minimum Gasteiger partial charge on any atom is -0.348 e. The van der Waals surface area contributed by atoms with Gasteiger partial charge in [-0.05, 0) is 17.5 Å². The highest BCUT2D eigenvalue weighted by Crippen LogP contribution is 2.11. The van der Waals surface area contributed by atoms with Gasteiger partial charge in [-0.1, -0.05) is 6.07 Å². The molecule has 13 heavy (non-hydrogen) atoms. The number of hydrogen-bond donors (Lipinski definition) is 0. The molecule has 0 aliphatic heterocycles. The van der Waals surface area contributed by atoms with Crippen molar-refractivity contribution in [1.82, 2.24) is 4.57 Å². The molecule has 2 aromatic heterocycles. The number of rotatable bonds is 3. The van der Waals surface area contributed by atoms with Gasteiger partial charge in [-0.15, -0.1) is 11.3 Å². The standard InChI is InChI=1S/C10H9NOS/c12-8-9-3-4-11(6-9)7-10-2-1-5-13-10/h1-6,8H,7H2. The maximum absolute atomic E-state index is 10.4. The van der Waals surface area contributed by atoms with Crippen LogP contribution in [-0.4, -0.2) is 10.9 Å². The number of thiophene rings is 1. The molecule has 0 saturated heterocycles. The van der Waals surface area contributed by atoms with Crippen molar-refractivity contribution in [3.8, 4) is 0 Å². The van der Waals surface area contributed by atoms with E-state index < -0.39 is 0 Å². The maximum Gasteiger partial charge on any atom is 0.151 e. The molecule has 0 spiro atoms. The first-order valence-corrected chi connectivity index (χ1v) is 4.90. The van der Waals surface area contributed by atoms with Crippen LogP contribution in [0.1, 0.15) is 15.2 Å². The highest BCUT2D eigenvalue weighted by Gasteiger charge is 1.97. The van der Waals surface area contributed by atoms with Gasteiger partial charge >= 0.3 is 0 Å². The predicted molar refractivity (Wildman–Crippen MR) is 53.2 cm³/mol. The Morgan fingerprint density at radius 3 is 3.00 bits per heavy atom. The molecule has 0 N–H and O–H groups in total. The van der Waals surface area contributed by atoms with Crippen molar-refractivity contribution in [2.75, 3.05) is 0 Å². The Kier molecular flexibility index (Phi) is 2.27. The summed E-state index contributed by atoms with van der Waals surface area (Å²) in [4.78, 5) is 11.7. The number of carbonyl (C=O) groups excluding carboxylic acids is 1. The summed E-state index contributed by atoms with van der Waals surface area (Å²) in [5, 5.41) is 2.06. The zero-order chi connectivity index (χ0) is 9.10. The Labute approximate surface area is 80.4 Å². The van der Waals surface area contributed by atoms with Gasteiger partial charge in [0.2, 0.25) is 0 Å². The lowest BCUT2D eigenvalue weighted by Crippen LogP contribution is -1.92. The Balaban J connectivity index is 2.14. The van der Waals surface area contributed by atoms with Gasteiger partial charge in [0, 0.05) is 22.8 Å². The lowest BCUT2D eigenvalue weighted by Gasteiger charge is -1.97. The van der Waals surface area contributed by atoms with Gasteiger partial charge in [0.25, 0.3) is 0 Å². The molecule has 0 aliphatic carbocycles. The third-order valence-electron chi connectivity index (χ3n) is 1.83. The number of hydrogen-bond acceptors (Lipinski definition) is 2. The van der Waals surface area contributed by atoms with Gasteiger partial charge in [-0.25, -0.2) is 0 Å². The van der Waals surface area contributed by atoms with E-state index in [1.54, 1.807) is 11.3 Å². The van der Waals surface area contributed by atoms with Crippen LogP contribution in [-0.2, 0) is 6.54 Å². The van der Waals surface area contributed by atoms with Crippen LogP contribution in [0.3, 0.4) is 0 Å². The first kappa shape index (κ1) is 8.26. The first-order valence-electron chi connectivity index (χ1n) is 4.02. The van der Waals surface area contributed by atoms with E-state index in [4.69, 9.17) is 0 Å². The van der Waals surface area contributed by atoms with E-state index >= 15 is 0 Å². The van der Waals surface area contributed by atoms with Crippen molar-refractivity contribution in [3.63, 3.8) is 0 Å². The topological polar surface area (TPSA) is 22.0 Å². The second-order valence-electron chi connectivity index (χ2n) is 2.81. The molecule has 0 bridgehead atoms. The minimum atomic E-state index is 0.733. The largest absolute Gasteiger partial charge is 0.348 e. The van der Waals surface area contributed by atoms with E-state index in [1.807, 2.05) is 29.1 Å². The van der Waals surface area contributed by atoms with Crippen LogP contribution in [0.4, 0.5) is 0 Å². The fraction of sp³-hybridized carbons (Fsp3) is 0.100. The molecule has 0 atom stereocenters. The second kappa shape index (κ2) is 3.58. The van der Waals surface area contributed by atoms with Crippen LogP contribution in [0.2, 0.25) is 0 Å². The van der Waals surface area contributed by atoms with E-state index in [1.165, 1.54) is 4.88 Å². The summed E-state index contributed by atoms with van der Waals surface area (Å²) in [6.07, 6.45) is 4.64. The van der Waals surface area contributed by atoms with Crippen LogP contribution in [0.5, 0.6) is 0 Å². The van der Waals surface area contributed by atoms with Crippen LogP contribution in [0, 0.1) is 0 Å². The summed E-state index contributed by atoms with van der Waals surface area (Å²) in [6, 6.07) is 5.94. The number of carbonyl (C=O) groups is 1. The SMILES string of the molecule is O=Cc1ccn(Cc2cccs2)c1. The van der Waals surface area contributed by atoms with Crippen molar-refractivity contribution in [1.29, 1.82) is 0 Å². The van der Waals surface area contributed by atoms with Crippen LogP contribution >= 0.6 is 11.3 Å². The van der Waals surface area contributed by atoms with E-state index in [0.29, 0.717) is 0 Å². The molecular weight excluding hydrogens is 182 g/mol. The molecule has 0 amide bonds. The fourth-order valence-corrected chi connectivity index (χ4v) is 1.92. The second-order valence-corrected chi connectivity index (χ2v) is 3.85.